The molecule has 3 N–H and O–H groups in total. The van der Waals surface area contributed by atoms with Gasteiger partial charge in [0, 0.05) is 36.4 Å². The molecule has 30 heavy (non-hydrogen) atoms. The number of ether oxygens (including phenoxy) is 3. The molecular weight excluding hydrogens is 429 g/mol. The molecule has 0 saturated carbocycles. The maximum Gasteiger partial charge on any atom is 0.220 e. The molecule has 1 unspecified atom stereocenters. The number of fused-ring (bicyclic) bond motifs is 1. The lowest BCUT2D eigenvalue weighted by molar-refractivity contribution is 0.120. The Balaban J connectivity index is 1.86. The van der Waals surface area contributed by atoms with E-state index in [4.69, 9.17) is 48.1 Å². The molecule has 1 atom stereocenters. The topological polar surface area (TPSA) is 104 Å². The average Bonchev–Trinajstić information content (AvgIpc) is 3.26. The molecule has 1 aliphatic rings. The molecule has 3 aromatic rings. The summed E-state index contributed by atoms with van der Waals surface area (Å²) in [5, 5.41) is 4.73. The summed E-state index contributed by atoms with van der Waals surface area (Å²) in [7, 11) is 3.05. The number of rotatable bonds is 6. The van der Waals surface area contributed by atoms with Crippen LogP contribution in [0.15, 0.2) is 18.3 Å². The van der Waals surface area contributed by atoms with E-state index in [-0.39, 0.29) is 12.1 Å². The number of halogens is 2. The van der Waals surface area contributed by atoms with Gasteiger partial charge in [-0.05, 0) is 18.9 Å². The smallest absolute Gasteiger partial charge is 0.220 e. The molecule has 1 saturated heterocycles. The van der Waals surface area contributed by atoms with Gasteiger partial charge in [0.1, 0.15) is 17.0 Å². The number of nitrogens with two attached hydrogens (primary N) is 1. The van der Waals surface area contributed by atoms with Crippen molar-refractivity contribution in [3.63, 3.8) is 0 Å². The summed E-state index contributed by atoms with van der Waals surface area (Å²) in [5.74, 6) is 1.56. The normalized spacial score (nSPS) is 16.1. The third kappa shape index (κ3) is 3.90. The molecule has 3 heterocycles. The first-order valence-electron chi connectivity index (χ1n) is 9.41. The van der Waals surface area contributed by atoms with Crippen molar-refractivity contribution in [2.45, 2.75) is 18.9 Å². The van der Waals surface area contributed by atoms with Crippen LogP contribution in [0, 0.1) is 0 Å². The third-order valence-electron chi connectivity index (χ3n) is 4.94. The molecule has 1 aromatic carbocycles. The Morgan fingerprint density at radius 2 is 1.90 bits per heavy atom. The molecule has 1 fully saturated rings. The van der Waals surface area contributed by atoms with Crippen molar-refractivity contribution in [3.05, 3.63) is 28.4 Å². The van der Waals surface area contributed by atoms with E-state index in [1.165, 1.54) is 14.2 Å². The van der Waals surface area contributed by atoms with E-state index in [9.17, 15) is 0 Å². The largest absolute Gasteiger partial charge is 0.495 e. The Morgan fingerprint density at radius 1 is 1.17 bits per heavy atom. The van der Waals surface area contributed by atoms with Crippen LogP contribution in [-0.4, -0.2) is 48.4 Å². The van der Waals surface area contributed by atoms with Crippen molar-refractivity contribution in [2.75, 3.05) is 38.4 Å². The molecule has 158 valence electrons. The Hall–Kier alpha value is -2.55. The lowest BCUT2D eigenvalue weighted by atomic mass is 10.1. The zero-order chi connectivity index (χ0) is 21.3. The number of nitrogens with one attached hydrogen (secondary N) is 1. The highest BCUT2D eigenvalue weighted by molar-refractivity contribution is 6.41. The number of methoxy groups -OCH3 is 2. The Bertz CT molecular complexity index is 1060. The van der Waals surface area contributed by atoms with Crippen molar-refractivity contribution in [1.29, 1.82) is 0 Å². The number of hydrogen-bond donors (Lipinski definition) is 2. The van der Waals surface area contributed by atoms with Crippen LogP contribution in [0.4, 0.5) is 11.8 Å². The molecule has 0 bridgehead atoms. The molecule has 0 aliphatic carbocycles. The zero-order valence-corrected chi connectivity index (χ0v) is 18.0. The van der Waals surface area contributed by atoms with Gasteiger partial charge in [-0.1, -0.05) is 23.2 Å². The number of anilines is 2. The quantitative estimate of drug-likeness (QED) is 0.576. The van der Waals surface area contributed by atoms with Gasteiger partial charge in [0.2, 0.25) is 5.95 Å². The monoisotopic (exact) mass is 449 g/mol. The van der Waals surface area contributed by atoms with Gasteiger partial charge in [-0.3, -0.25) is 0 Å². The average molecular weight is 450 g/mol. The van der Waals surface area contributed by atoms with Gasteiger partial charge in [0.15, 0.2) is 5.82 Å². The van der Waals surface area contributed by atoms with Crippen LogP contribution in [0.5, 0.6) is 11.5 Å². The first kappa shape index (κ1) is 20.7. The maximum atomic E-state index is 6.59. The Morgan fingerprint density at radius 3 is 2.53 bits per heavy atom. The van der Waals surface area contributed by atoms with Gasteiger partial charge in [-0.15, -0.1) is 0 Å². The van der Waals surface area contributed by atoms with E-state index in [0.29, 0.717) is 50.7 Å². The minimum atomic E-state index is 0.119. The third-order valence-corrected chi connectivity index (χ3v) is 5.69. The van der Waals surface area contributed by atoms with Crippen molar-refractivity contribution in [3.8, 4) is 22.8 Å². The molecule has 4 rings (SSSR count). The highest BCUT2D eigenvalue weighted by Crippen LogP contribution is 2.46. The Labute approximate surface area is 183 Å². The van der Waals surface area contributed by atoms with Crippen LogP contribution in [0.2, 0.25) is 10.0 Å². The number of nitrogen functional groups attached to an aromatic ring is 1. The highest BCUT2D eigenvalue weighted by Gasteiger charge is 2.22. The molecule has 0 amide bonds. The van der Waals surface area contributed by atoms with E-state index >= 15 is 0 Å². The van der Waals surface area contributed by atoms with Gasteiger partial charge < -0.3 is 25.3 Å². The predicted octanol–water partition coefficient (Wildman–Crippen LogP) is 4.19. The van der Waals surface area contributed by atoms with Crippen LogP contribution >= 0.6 is 23.2 Å². The SMILES string of the molecule is COc1cc(OC)c(Cl)c(-c2cc3cnc(N)nc3c(NCC3CCCO3)n2)c1Cl. The second-order valence-electron chi connectivity index (χ2n) is 6.82. The summed E-state index contributed by atoms with van der Waals surface area (Å²) in [5.41, 5.74) is 7.43. The molecule has 1 aliphatic heterocycles. The number of nitrogens with zero attached hydrogens (tertiary/aromatic N) is 3. The summed E-state index contributed by atoms with van der Waals surface area (Å²) in [6, 6.07) is 3.44. The molecule has 0 radical (unpaired) electrons. The van der Waals surface area contributed by atoms with E-state index < -0.39 is 0 Å². The lowest BCUT2D eigenvalue weighted by Gasteiger charge is -2.17. The zero-order valence-electron chi connectivity index (χ0n) is 16.5. The van der Waals surface area contributed by atoms with Gasteiger partial charge in [0.25, 0.3) is 0 Å². The van der Waals surface area contributed by atoms with Crippen LogP contribution in [0.3, 0.4) is 0 Å². The number of aromatic nitrogens is 3. The maximum absolute atomic E-state index is 6.59. The fraction of sp³-hybridized carbons (Fsp3) is 0.350. The first-order valence-corrected chi connectivity index (χ1v) is 10.2. The van der Waals surface area contributed by atoms with Crippen LogP contribution in [-0.2, 0) is 4.74 Å². The summed E-state index contributed by atoms with van der Waals surface area (Å²) in [4.78, 5) is 13.2. The van der Waals surface area contributed by atoms with Crippen LogP contribution in [0.1, 0.15) is 12.8 Å². The summed E-state index contributed by atoms with van der Waals surface area (Å²) in [6.07, 6.45) is 3.80. The standard InChI is InChI=1S/C20H21Cl2N5O3/c1-28-13-7-14(29-2)17(22)15(16(13)21)12-6-10-8-25-20(23)27-18(10)19(26-12)24-9-11-4-3-5-30-11/h6-8,11H,3-5,9H2,1-2H3,(H,24,26)(H2,23,25,27). The molecular formula is C20H21Cl2N5O3. The lowest BCUT2D eigenvalue weighted by Crippen LogP contribution is -2.19. The van der Waals surface area contributed by atoms with Crippen molar-refractivity contribution < 1.29 is 14.2 Å². The van der Waals surface area contributed by atoms with Gasteiger partial charge in [-0.2, -0.15) is 0 Å². The number of hydrogen-bond acceptors (Lipinski definition) is 8. The summed E-state index contributed by atoms with van der Waals surface area (Å²) >= 11 is 13.2. The minimum Gasteiger partial charge on any atom is -0.495 e. The van der Waals surface area contributed by atoms with Gasteiger partial charge in [0.05, 0.1) is 36.1 Å². The van der Waals surface area contributed by atoms with Crippen molar-refractivity contribution >= 4 is 45.9 Å². The molecule has 10 heteroatoms. The van der Waals surface area contributed by atoms with E-state index in [1.807, 2.05) is 0 Å². The number of pyridine rings is 1. The summed E-state index contributed by atoms with van der Waals surface area (Å²) in [6.45, 7) is 1.36. The molecule has 2 aromatic heterocycles. The van der Waals surface area contributed by atoms with E-state index in [0.717, 1.165) is 24.8 Å². The van der Waals surface area contributed by atoms with Crippen LogP contribution < -0.4 is 20.5 Å². The fourth-order valence-electron chi connectivity index (χ4n) is 3.43. The summed E-state index contributed by atoms with van der Waals surface area (Å²) < 4.78 is 16.5. The van der Waals surface area contributed by atoms with Crippen LogP contribution in [0.25, 0.3) is 22.2 Å². The predicted molar refractivity (Wildman–Crippen MR) is 118 cm³/mol. The second-order valence-corrected chi connectivity index (χ2v) is 7.58. The van der Waals surface area contributed by atoms with Gasteiger partial charge >= 0.3 is 0 Å². The fourth-order valence-corrected chi connectivity index (χ4v) is 4.13. The molecule has 0 spiro atoms. The Kier molecular flexibility index (Phi) is 5.99. The van der Waals surface area contributed by atoms with E-state index in [1.54, 1.807) is 18.3 Å². The highest BCUT2D eigenvalue weighted by atomic mass is 35.5. The van der Waals surface area contributed by atoms with E-state index in [2.05, 4.69) is 15.3 Å². The van der Waals surface area contributed by atoms with Gasteiger partial charge in [-0.25, -0.2) is 15.0 Å². The first-order chi connectivity index (χ1) is 14.5. The minimum absolute atomic E-state index is 0.119. The van der Waals surface area contributed by atoms with Crippen molar-refractivity contribution in [2.24, 2.45) is 0 Å². The second kappa shape index (κ2) is 8.67. The van der Waals surface area contributed by atoms with Crippen molar-refractivity contribution in [1.82, 2.24) is 15.0 Å². The molecule has 8 nitrogen and oxygen atoms in total. The number of benzene rings is 1.